The fraction of sp³-hybridized carbons (Fsp3) is 0.300. The molecule has 2 atom stereocenters. The fourth-order valence-corrected chi connectivity index (χ4v) is 3.21. The number of nitrogens with zero attached hydrogens (tertiary/aromatic N) is 2. The highest BCUT2D eigenvalue weighted by molar-refractivity contribution is 6.42. The van der Waals surface area contributed by atoms with Gasteiger partial charge in [-0.05, 0) is 36.2 Å². The summed E-state index contributed by atoms with van der Waals surface area (Å²) in [6.45, 7) is 1.98. The molecule has 0 N–H and O–H groups in total. The molecule has 1 aromatic carbocycles. The first kappa shape index (κ1) is 18.6. The highest BCUT2D eigenvalue weighted by atomic mass is 16.5. The summed E-state index contributed by atoms with van der Waals surface area (Å²) in [7, 11) is 1.57. The zero-order chi connectivity index (χ0) is 19.4. The maximum Gasteiger partial charge on any atom is 0.319 e. The van der Waals surface area contributed by atoms with Crippen molar-refractivity contribution in [2.24, 2.45) is 5.92 Å². The first-order chi connectivity index (χ1) is 13.1. The second kappa shape index (κ2) is 7.99. The lowest BCUT2D eigenvalue weighted by molar-refractivity contribution is -0.152. The third-order valence-electron chi connectivity index (χ3n) is 4.48. The first-order valence-electron chi connectivity index (χ1n) is 8.61. The zero-order valence-corrected chi connectivity index (χ0v) is 15.1. The van der Waals surface area contributed by atoms with Crippen LogP contribution in [-0.2, 0) is 25.7 Å². The molecular weight excluding hydrogens is 348 g/mol. The molecule has 2 heterocycles. The van der Waals surface area contributed by atoms with Crippen molar-refractivity contribution in [3.8, 4) is 5.75 Å². The van der Waals surface area contributed by atoms with Crippen LogP contribution in [0.3, 0.4) is 0 Å². The normalized spacial score (nSPS) is 19.3. The summed E-state index contributed by atoms with van der Waals surface area (Å²) in [4.78, 5) is 43.1. The van der Waals surface area contributed by atoms with Gasteiger partial charge in [-0.15, -0.1) is 0 Å². The molecule has 1 fully saturated rings. The number of rotatable bonds is 6. The number of benzene rings is 1. The van der Waals surface area contributed by atoms with Crippen LogP contribution in [0.5, 0.6) is 5.75 Å². The van der Waals surface area contributed by atoms with Gasteiger partial charge in [-0.25, -0.2) is 0 Å². The van der Waals surface area contributed by atoms with Crippen LogP contribution in [-0.4, -0.2) is 41.3 Å². The molecule has 1 saturated heterocycles. The van der Waals surface area contributed by atoms with Crippen LogP contribution in [0, 0.1) is 5.92 Å². The summed E-state index contributed by atoms with van der Waals surface area (Å²) >= 11 is 0. The quantitative estimate of drug-likeness (QED) is 0.440. The van der Waals surface area contributed by atoms with Crippen LogP contribution in [0.4, 0.5) is 0 Å². The Balaban J connectivity index is 1.97. The van der Waals surface area contributed by atoms with E-state index >= 15 is 0 Å². The average Bonchev–Trinajstić information content (AvgIpc) is 2.94. The summed E-state index contributed by atoms with van der Waals surface area (Å²) in [5.41, 5.74) is 1.43. The first-order valence-corrected chi connectivity index (χ1v) is 8.61. The van der Waals surface area contributed by atoms with Crippen LogP contribution < -0.4 is 4.74 Å². The van der Waals surface area contributed by atoms with Gasteiger partial charge in [-0.3, -0.25) is 19.4 Å². The topological polar surface area (TPSA) is 85.8 Å². The van der Waals surface area contributed by atoms with E-state index in [0.29, 0.717) is 11.3 Å². The molecule has 1 aromatic heterocycles. The van der Waals surface area contributed by atoms with Crippen molar-refractivity contribution >= 4 is 17.7 Å². The number of aromatic nitrogens is 1. The summed E-state index contributed by atoms with van der Waals surface area (Å²) in [5, 5.41) is 0. The predicted molar refractivity (Wildman–Crippen MR) is 95.7 cm³/mol. The highest BCUT2D eigenvalue weighted by Crippen LogP contribution is 2.37. The molecule has 7 heteroatoms. The number of methoxy groups -OCH3 is 1. The minimum atomic E-state index is -1.19. The van der Waals surface area contributed by atoms with E-state index in [-0.39, 0.29) is 13.2 Å². The van der Waals surface area contributed by atoms with Gasteiger partial charge in [0.2, 0.25) is 5.78 Å². The zero-order valence-electron chi connectivity index (χ0n) is 15.1. The SMILES string of the molecule is CCOC(=O)[C@H]1C(=O)C(=O)N(Cc2ccc(OC)cc2)[C@@H]1c1cccnc1. The molecule has 0 spiro atoms. The third-order valence-corrected chi connectivity index (χ3v) is 4.48. The van der Waals surface area contributed by atoms with Crippen molar-refractivity contribution in [1.82, 2.24) is 9.88 Å². The number of ketones is 1. The largest absolute Gasteiger partial charge is 0.497 e. The number of hydrogen-bond acceptors (Lipinski definition) is 6. The monoisotopic (exact) mass is 368 g/mol. The maximum absolute atomic E-state index is 12.7. The molecule has 7 nitrogen and oxygen atoms in total. The van der Waals surface area contributed by atoms with Crippen LogP contribution in [0.2, 0.25) is 0 Å². The second-order valence-corrected chi connectivity index (χ2v) is 6.11. The lowest BCUT2D eigenvalue weighted by Crippen LogP contribution is -2.31. The minimum absolute atomic E-state index is 0.134. The van der Waals surface area contributed by atoms with Crippen molar-refractivity contribution in [1.29, 1.82) is 0 Å². The van der Waals surface area contributed by atoms with E-state index in [1.807, 2.05) is 12.1 Å². The molecule has 3 rings (SSSR count). The fourth-order valence-electron chi connectivity index (χ4n) is 3.21. The van der Waals surface area contributed by atoms with E-state index in [1.54, 1.807) is 50.7 Å². The number of carbonyl (C=O) groups excluding carboxylic acids is 3. The predicted octanol–water partition coefficient (Wildman–Crippen LogP) is 1.92. The van der Waals surface area contributed by atoms with Gasteiger partial charge in [0.05, 0.1) is 19.8 Å². The Morgan fingerprint density at radius 3 is 2.52 bits per heavy atom. The Bertz CT molecular complexity index is 835. The molecule has 1 aliphatic heterocycles. The molecule has 2 aromatic rings. The summed E-state index contributed by atoms with van der Waals surface area (Å²) < 4.78 is 10.2. The van der Waals surface area contributed by atoms with E-state index < -0.39 is 29.6 Å². The number of carbonyl (C=O) groups is 3. The molecule has 0 saturated carbocycles. The number of Topliss-reactive ketones (excluding diaryl/α,β-unsaturated/α-hetero) is 1. The Morgan fingerprint density at radius 2 is 1.93 bits per heavy atom. The molecule has 0 radical (unpaired) electrons. The molecule has 0 aliphatic carbocycles. The smallest absolute Gasteiger partial charge is 0.319 e. The Hall–Kier alpha value is -3.22. The van der Waals surface area contributed by atoms with Gasteiger partial charge in [0.15, 0.2) is 0 Å². The van der Waals surface area contributed by atoms with Gasteiger partial charge in [0.1, 0.15) is 11.7 Å². The van der Waals surface area contributed by atoms with Gasteiger partial charge >= 0.3 is 5.97 Å². The van der Waals surface area contributed by atoms with Crippen molar-refractivity contribution in [2.45, 2.75) is 19.5 Å². The van der Waals surface area contributed by atoms with Crippen LogP contribution >= 0.6 is 0 Å². The van der Waals surface area contributed by atoms with Gasteiger partial charge in [0.25, 0.3) is 5.91 Å². The Labute approximate surface area is 156 Å². The van der Waals surface area contributed by atoms with Gasteiger partial charge in [0, 0.05) is 18.9 Å². The summed E-state index contributed by atoms with van der Waals surface area (Å²) in [6, 6.07) is 9.88. The Morgan fingerprint density at radius 1 is 1.19 bits per heavy atom. The average molecular weight is 368 g/mol. The lowest BCUT2D eigenvalue weighted by Gasteiger charge is -2.26. The van der Waals surface area contributed by atoms with E-state index in [0.717, 1.165) is 5.56 Å². The van der Waals surface area contributed by atoms with Gasteiger partial charge in [-0.1, -0.05) is 18.2 Å². The van der Waals surface area contributed by atoms with Gasteiger partial charge in [-0.2, -0.15) is 0 Å². The molecule has 140 valence electrons. The van der Waals surface area contributed by atoms with Crippen LogP contribution in [0.1, 0.15) is 24.1 Å². The highest BCUT2D eigenvalue weighted by Gasteiger charge is 2.52. The number of pyridine rings is 1. The standard InChI is InChI=1S/C20H20N2O5/c1-3-27-20(25)16-17(14-5-4-10-21-11-14)22(19(24)18(16)23)12-13-6-8-15(26-2)9-7-13/h4-11,16-17H,3,12H2,1-2H3/t16-,17-/m1/s1. The number of amides is 1. The number of hydrogen-bond donors (Lipinski definition) is 0. The van der Waals surface area contributed by atoms with E-state index in [4.69, 9.17) is 9.47 Å². The number of ether oxygens (including phenoxy) is 2. The van der Waals surface area contributed by atoms with Crippen molar-refractivity contribution in [2.75, 3.05) is 13.7 Å². The summed E-state index contributed by atoms with van der Waals surface area (Å²) in [5.74, 6) is -2.65. The molecule has 1 amide bonds. The van der Waals surface area contributed by atoms with E-state index in [9.17, 15) is 14.4 Å². The van der Waals surface area contributed by atoms with Crippen molar-refractivity contribution < 1.29 is 23.9 Å². The minimum Gasteiger partial charge on any atom is -0.497 e. The van der Waals surface area contributed by atoms with Crippen LogP contribution in [0.25, 0.3) is 0 Å². The molecule has 27 heavy (non-hydrogen) atoms. The number of esters is 1. The Kier molecular flexibility index (Phi) is 5.49. The number of likely N-dealkylation sites (tertiary alicyclic amines) is 1. The van der Waals surface area contributed by atoms with E-state index in [1.165, 1.54) is 4.90 Å². The van der Waals surface area contributed by atoms with Crippen LogP contribution in [0.15, 0.2) is 48.8 Å². The van der Waals surface area contributed by atoms with Crippen molar-refractivity contribution in [3.63, 3.8) is 0 Å². The molecule has 0 unspecified atom stereocenters. The lowest BCUT2D eigenvalue weighted by atomic mass is 9.94. The van der Waals surface area contributed by atoms with Gasteiger partial charge < -0.3 is 14.4 Å². The van der Waals surface area contributed by atoms with E-state index in [2.05, 4.69) is 4.98 Å². The maximum atomic E-state index is 12.7. The molecular formula is C20H20N2O5. The third kappa shape index (κ3) is 3.67. The molecule has 1 aliphatic rings. The molecule has 0 bridgehead atoms. The van der Waals surface area contributed by atoms with Crippen molar-refractivity contribution in [3.05, 3.63) is 59.9 Å². The second-order valence-electron chi connectivity index (χ2n) is 6.11. The summed E-state index contributed by atoms with van der Waals surface area (Å²) in [6.07, 6.45) is 3.15.